The molecule has 0 spiro atoms. The largest absolute Gasteiger partial charge is 0.497 e. The number of carbonyl (C=O) groups is 1. The van der Waals surface area contributed by atoms with Crippen molar-refractivity contribution < 1.29 is 14.3 Å². The van der Waals surface area contributed by atoms with Crippen LogP contribution in [0.4, 0.5) is 0 Å². The molecule has 0 radical (unpaired) electrons. The van der Waals surface area contributed by atoms with Crippen molar-refractivity contribution in [2.24, 2.45) is 0 Å². The molecule has 2 heterocycles. The number of morpholine rings is 1. The lowest BCUT2D eigenvalue weighted by Crippen LogP contribution is -2.48. The molecular weight excluding hydrogens is 340 g/mol. The van der Waals surface area contributed by atoms with Crippen molar-refractivity contribution in [3.8, 4) is 11.4 Å². The standard InChI is InChI=1S/C17H22N4O3S/c1-12-8-20(9-13(2)24-12)16(22)10-25-17-19-18-11-21(17)14-4-6-15(23-3)7-5-14/h4-7,11-13H,8-10H2,1-3H3/t12-,13-/m0/s1. The Bertz CT molecular complexity index is 709. The number of methoxy groups -OCH3 is 1. The molecular formula is C17H22N4O3S. The summed E-state index contributed by atoms with van der Waals surface area (Å²) in [7, 11) is 1.63. The van der Waals surface area contributed by atoms with Crippen LogP contribution < -0.4 is 4.74 Å². The molecule has 134 valence electrons. The average Bonchev–Trinajstić information content (AvgIpc) is 3.07. The summed E-state index contributed by atoms with van der Waals surface area (Å²) in [5.41, 5.74) is 0.925. The van der Waals surface area contributed by atoms with Crippen LogP contribution in [0.1, 0.15) is 13.8 Å². The molecule has 1 aliphatic heterocycles. The van der Waals surface area contributed by atoms with Crippen molar-refractivity contribution in [2.75, 3.05) is 26.0 Å². The Labute approximate surface area is 151 Å². The number of rotatable bonds is 5. The first-order chi connectivity index (χ1) is 12.1. The summed E-state index contributed by atoms with van der Waals surface area (Å²) in [6.07, 6.45) is 1.79. The third-order valence-electron chi connectivity index (χ3n) is 3.96. The van der Waals surface area contributed by atoms with Crippen molar-refractivity contribution in [1.29, 1.82) is 0 Å². The Morgan fingerprint density at radius 2 is 1.96 bits per heavy atom. The van der Waals surface area contributed by atoms with Crippen LogP contribution in [-0.2, 0) is 9.53 Å². The molecule has 0 N–H and O–H groups in total. The molecule has 0 aliphatic carbocycles. The van der Waals surface area contributed by atoms with Gasteiger partial charge in [-0.15, -0.1) is 10.2 Å². The van der Waals surface area contributed by atoms with Crippen LogP contribution in [0.5, 0.6) is 5.75 Å². The zero-order valence-electron chi connectivity index (χ0n) is 14.6. The molecule has 7 nitrogen and oxygen atoms in total. The second-order valence-electron chi connectivity index (χ2n) is 6.03. The minimum Gasteiger partial charge on any atom is -0.497 e. The Morgan fingerprint density at radius 3 is 2.60 bits per heavy atom. The summed E-state index contributed by atoms with van der Waals surface area (Å²) < 4.78 is 12.7. The van der Waals surface area contributed by atoms with Gasteiger partial charge >= 0.3 is 0 Å². The van der Waals surface area contributed by atoms with E-state index < -0.39 is 0 Å². The first kappa shape index (κ1) is 17.8. The molecule has 1 fully saturated rings. The van der Waals surface area contributed by atoms with Gasteiger partial charge in [0, 0.05) is 18.8 Å². The first-order valence-corrected chi connectivity index (χ1v) is 9.16. The van der Waals surface area contributed by atoms with Crippen LogP contribution in [0.3, 0.4) is 0 Å². The van der Waals surface area contributed by atoms with Crippen LogP contribution in [0.25, 0.3) is 5.69 Å². The zero-order chi connectivity index (χ0) is 17.8. The van der Waals surface area contributed by atoms with E-state index in [4.69, 9.17) is 9.47 Å². The molecule has 0 unspecified atom stereocenters. The molecule has 2 aromatic rings. The van der Waals surface area contributed by atoms with Gasteiger partial charge in [0.1, 0.15) is 12.1 Å². The number of aromatic nitrogens is 3. The van der Waals surface area contributed by atoms with Crippen LogP contribution in [0.15, 0.2) is 35.7 Å². The van der Waals surface area contributed by atoms with Gasteiger partial charge in [0.05, 0.1) is 25.1 Å². The van der Waals surface area contributed by atoms with Crippen LogP contribution >= 0.6 is 11.8 Å². The normalized spacial score (nSPS) is 20.5. The number of hydrogen-bond acceptors (Lipinski definition) is 6. The molecule has 2 atom stereocenters. The topological polar surface area (TPSA) is 69.5 Å². The Kier molecular flexibility index (Phi) is 5.60. The lowest BCUT2D eigenvalue weighted by molar-refractivity contribution is -0.140. The smallest absolute Gasteiger partial charge is 0.233 e. The van der Waals surface area contributed by atoms with E-state index >= 15 is 0 Å². The predicted molar refractivity (Wildman–Crippen MR) is 95.2 cm³/mol. The van der Waals surface area contributed by atoms with E-state index in [1.54, 1.807) is 13.4 Å². The Hall–Kier alpha value is -2.06. The Morgan fingerprint density at radius 1 is 1.28 bits per heavy atom. The molecule has 1 aliphatic rings. The first-order valence-electron chi connectivity index (χ1n) is 8.17. The SMILES string of the molecule is COc1ccc(-n2cnnc2SCC(=O)N2C[C@H](C)O[C@@H](C)C2)cc1. The van der Waals surface area contributed by atoms with Crippen molar-refractivity contribution in [3.05, 3.63) is 30.6 Å². The summed E-state index contributed by atoms with van der Waals surface area (Å²) in [6, 6.07) is 7.62. The van der Waals surface area contributed by atoms with E-state index in [1.807, 2.05) is 47.6 Å². The highest BCUT2D eigenvalue weighted by Crippen LogP contribution is 2.22. The maximum absolute atomic E-state index is 12.5. The molecule has 1 saturated heterocycles. The highest BCUT2D eigenvalue weighted by Gasteiger charge is 2.26. The summed E-state index contributed by atoms with van der Waals surface area (Å²) in [6.45, 7) is 5.25. The van der Waals surface area contributed by atoms with Crippen molar-refractivity contribution >= 4 is 17.7 Å². The zero-order valence-corrected chi connectivity index (χ0v) is 15.4. The van der Waals surface area contributed by atoms with Gasteiger partial charge in [-0.2, -0.15) is 0 Å². The lowest BCUT2D eigenvalue weighted by atomic mass is 10.2. The van der Waals surface area contributed by atoms with E-state index in [0.717, 1.165) is 11.4 Å². The number of benzene rings is 1. The minimum atomic E-state index is 0.0700. The van der Waals surface area contributed by atoms with Gasteiger partial charge in [-0.05, 0) is 38.1 Å². The van der Waals surface area contributed by atoms with Crippen LogP contribution in [0, 0.1) is 0 Å². The van der Waals surface area contributed by atoms with Gasteiger partial charge in [0.15, 0.2) is 5.16 Å². The average molecular weight is 362 g/mol. The van der Waals surface area contributed by atoms with Gasteiger partial charge in [-0.3, -0.25) is 9.36 Å². The molecule has 3 rings (SSSR count). The van der Waals surface area contributed by atoms with E-state index in [2.05, 4.69) is 10.2 Å². The highest BCUT2D eigenvalue weighted by molar-refractivity contribution is 7.99. The van der Waals surface area contributed by atoms with Gasteiger partial charge in [0.25, 0.3) is 0 Å². The fraction of sp³-hybridized carbons (Fsp3) is 0.471. The van der Waals surface area contributed by atoms with E-state index in [1.165, 1.54) is 11.8 Å². The molecule has 1 amide bonds. The molecule has 1 aromatic carbocycles. The lowest BCUT2D eigenvalue weighted by Gasteiger charge is -2.35. The van der Waals surface area contributed by atoms with E-state index in [9.17, 15) is 4.79 Å². The second-order valence-corrected chi connectivity index (χ2v) is 6.97. The number of thioether (sulfide) groups is 1. The molecule has 0 saturated carbocycles. The summed E-state index contributed by atoms with van der Waals surface area (Å²) >= 11 is 1.39. The quantitative estimate of drug-likeness (QED) is 0.758. The van der Waals surface area contributed by atoms with E-state index in [-0.39, 0.29) is 18.1 Å². The van der Waals surface area contributed by atoms with Gasteiger partial charge < -0.3 is 14.4 Å². The van der Waals surface area contributed by atoms with Crippen molar-refractivity contribution in [2.45, 2.75) is 31.2 Å². The number of amides is 1. The van der Waals surface area contributed by atoms with E-state index in [0.29, 0.717) is 24.0 Å². The highest BCUT2D eigenvalue weighted by atomic mass is 32.2. The maximum atomic E-state index is 12.5. The van der Waals surface area contributed by atoms with Crippen molar-refractivity contribution in [3.63, 3.8) is 0 Å². The fourth-order valence-electron chi connectivity index (χ4n) is 2.84. The van der Waals surface area contributed by atoms with Crippen LogP contribution in [-0.4, -0.2) is 63.7 Å². The second kappa shape index (κ2) is 7.88. The van der Waals surface area contributed by atoms with Gasteiger partial charge in [0.2, 0.25) is 5.91 Å². The molecule has 25 heavy (non-hydrogen) atoms. The van der Waals surface area contributed by atoms with Gasteiger partial charge in [-0.1, -0.05) is 11.8 Å². The number of carbonyl (C=O) groups excluding carboxylic acids is 1. The summed E-state index contributed by atoms with van der Waals surface area (Å²) in [4.78, 5) is 14.4. The molecule has 1 aromatic heterocycles. The number of ether oxygens (including phenoxy) is 2. The fourth-order valence-corrected chi connectivity index (χ4v) is 3.67. The Balaban J connectivity index is 1.64. The number of nitrogens with zero attached hydrogens (tertiary/aromatic N) is 4. The van der Waals surface area contributed by atoms with Crippen molar-refractivity contribution in [1.82, 2.24) is 19.7 Å². The predicted octanol–water partition coefficient (Wildman–Crippen LogP) is 2.00. The monoisotopic (exact) mass is 362 g/mol. The summed E-state index contributed by atoms with van der Waals surface area (Å²) in [5, 5.41) is 8.79. The van der Waals surface area contributed by atoms with Crippen LogP contribution in [0.2, 0.25) is 0 Å². The maximum Gasteiger partial charge on any atom is 0.233 e. The minimum absolute atomic E-state index is 0.0700. The third kappa shape index (κ3) is 4.32. The molecule has 0 bridgehead atoms. The molecule has 8 heteroatoms. The summed E-state index contributed by atoms with van der Waals surface area (Å²) in [5.74, 6) is 1.21. The van der Waals surface area contributed by atoms with Gasteiger partial charge in [-0.25, -0.2) is 0 Å². The number of hydrogen-bond donors (Lipinski definition) is 0. The third-order valence-corrected chi connectivity index (χ3v) is 4.89.